The smallest absolute Gasteiger partial charge is 0.348 e. The van der Waals surface area contributed by atoms with E-state index in [9.17, 15) is 24.3 Å². The van der Waals surface area contributed by atoms with E-state index in [0.717, 1.165) is 19.0 Å². The van der Waals surface area contributed by atoms with Crippen molar-refractivity contribution in [1.82, 2.24) is 0 Å². The Balaban J connectivity index is 0.000000265. The topological polar surface area (TPSA) is 149 Å². The fourth-order valence-corrected chi connectivity index (χ4v) is 4.65. The SMILES string of the molecule is CC(=O)O[C@@H](C(=O)O)[C@H]1OCCN(c2cccc(N3CCOCC3=O)c2)C1=O.CC1=Cc2cc(N)ccc2C1. The number of nitrogens with zero attached hydrogens (tertiary/aromatic N) is 2. The summed E-state index contributed by atoms with van der Waals surface area (Å²) in [5, 5.41) is 9.31. The highest BCUT2D eigenvalue weighted by molar-refractivity contribution is 6.01. The first kappa shape index (κ1) is 27.8. The Morgan fingerprint density at radius 1 is 1.08 bits per heavy atom. The molecule has 11 nitrogen and oxygen atoms in total. The maximum Gasteiger partial charge on any atom is 0.348 e. The number of carbonyl (C=O) groups excluding carboxylic acids is 3. The number of esters is 1. The van der Waals surface area contributed by atoms with E-state index in [2.05, 4.69) is 19.1 Å². The number of anilines is 3. The van der Waals surface area contributed by atoms with Gasteiger partial charge in [-0.1, -0.05) is 23.8 Å². The highest BCUT2D eigenvalue weighted by Gasteiger charge is 2.42. The van der Waals surface area contributed by atoms with Crippen LogP contribution in [0, 0.1) is 0 Å². The summed E-state index contributed by atoms with van der Waals surface area (Å²) in [6.07, 6.45) is 0.0991. The van der Waals surface area contributed by atoms with Gasteiger partial charge in [0.1, 0.15) is 6.61 Å². The minimum absolute atomic E-state index is 0.00847. The molecule has 11 heteroatoms. The van der Waals surface area contributed by atoms with Gasteiger partial charge < -0.3 is 34.9 Å². The molecular formula is C28H31N3O8. The van der Waals surface area contributed by atoms with Crippen LogP contribution in [0.5, 0.6) is 0 Å². The van der Waals surface area contributed by atoms with Gasteiger partial charge in [-0.2, -0.15) is 0 Å². The van der Waals surface area contributed by atoms with Crippen LogP contribution in [0.25, 0.3) is 6.08 Å². The number of rotatable bonds is 5. The minimum atomic E-state index is -1.74. The quantitative estimate of drug-likeness (QED) is 0.432. The van der Waals surface area contributed by atoms with E-state index < -0.39 is 30.1 Å². The molecule has 2 aromatic rings. The molecule has 39 heavy (non-hydrogen) atoms. The molecule has 206 valence electrons. The molecule has 2 heterocycles. The third-order valence-electron chi connectivity index (χ3n) is 6.41. The van der Waals surface area contributed by atoms with Crippen molar-refractivity contribution >= 4 is 46.9 Å². The Morgan fingerprint density at radius 3 is 2.49 bits per heavy atom. The summed E-state index contributed by atoms with van der Waals surface area (Å²) >= 11 is 0. The van der Waals surface area contributed by atoms with Gasteiger partial charge in [0, 0.05) is 37.1 Å². The monoisotopic (exact) mass is 537 g/mol. The predicted molar refractivity (Wildman–Crippen MR) is 143 cm³/mol. The van der Waals surface area contributed by atoms with Crippen LogP contribution in [-0.4, -0.2) is 74.0 Å². The maximum absolute atomic E-state index is 12.9. The number of carbonyl (C=O) groups is 4. The van der Waals surface area contributed by atoms with Crippen molar-refractivity contribution in [1.29, 1.82) is 0 Å². The molecule has 2 aromatic carbocycles. The zero-order chi connectivity index (χ0) is 28.1. The molecular weight excluding hydrogens is 506 g/mol. The Kier molecular flexibility index (Phi) is 8.62. The van der Waals surface area contributed by atoms with Gasteiger partial charge in [-0.15, -0.1) is 0 Å². The fraction of sp³-hybridized carbons (Fsp3) is 0.357. The number of amides is 2. The molecule has 0 bridgehead atoms. The normalized spacial score (nSPS) is 19.4. The molecule has 0 aromatic heterocycles. The van der Waals surface area contributed by atoms with Crippen molar-refractivity contribution in [2.45, 2.75) is 32.5 Å². The van der Waals surface area contributed by atoms with Crippen LogP contribution in [0.4, 0.5) is 17.1 Å². The summed E-state index contributed by atoms with van der Waals surface area (Å²) in [6.45, 7) is 4.28. The highest BCUT2D eigenvalue weighted by atomic mass is 16.6. The molecule has 3 aliphatic rings. The largest absolute Gasteiger partial charge is 0.478 e. The van der Waals surface area contributed by atoms with E-state index in [1.807, 2.05) is 12.1 Å². The number of carboxylic acid groups (broad SMARTS) is 1. The van der Waals surface area contributed by atoms with Crippen LogP contribution in [0.3, 0.4) is 0 Å². The van der Waals surface area contributed by atoms with Crippen LogP contribution in [0.1, 0.15) is 25.0 Å². The molecule has 2 fully saturated rings. The van der Waals surface area contributed by atoms with Gasteiger partial charge in [0.2, 0.25) is 6.10 Å². The second kappa shape index (κ2) is 12.1. The Labute approximate surface area is 225 Å². The molecule has 1 aliphatic carbocycles. The van der Waals surface area contributed by atoms with Gasteiger partial charge in [-0.05, 0) is 54.8 Å². The van der Waals surface area contributed by atoms with Crippen LogP contribution in [0.15, 0.2) is 48.0 Å². The summed E-state index contributed by atoms with van der Waals surface area (Å²) in [6, 6.07) is 12.9. The number of hydrogen-bond acceptors (Lipinski definition) is 8. The van der Waals surface area contributed by atoms with Crippen LogP contribution >= 0.6 is 0 Å². The third-order valence-corrected chi connectivity index (χ3v) is 6.41. The minimum Gasteiger partial charge on any atom is -0.478 e. The first-order chi connectivity index (χ1) is 18.6. The maximum atomic E-state index is 12.9. The molecule has 3 N–H and O–H groups in total. The van der Waals surface area contributed by atoms with Crippen molar-refractivity contribution in [3.05, 3.63) is 59.2 Å². The standard InChI is InChI=1S/C18H20N2O8.C10H11N/c1-11(21)28-16(18(24)25)15-17(23)20(6-8-27-15)13-4-2-3-12(9-13)19-5-7-26-10-14(19)22;1-7-4-8-2-3-10(11)6-9(8)5-7/h2-4,9,15-16H,5-8,10H2,1H3,(H,24,25);2-3,5-6H,4,11H2,1H3/t15-,16-;/m1./s1. The summed E-state index contributed by atoms with van der Waals surface area (Å²) < 4.78 is 15.2. The lowest BCUT2D eigenvalue weighted by Crippen LogP contribution is -2.55. The Hall–Kier alpha value is -4.22. The lowest BCUT2D eigenvalue weighted by molar-refractivity contribution is -0.177. The molecule has 0 spiro atoms. The van der Waals surface area contributed by atoms with Crippen molar-refractivity contribution in [3.8, 4) is 0 Å². The number of ether oxygens (including phenoxy) is 3. The summed E-state index contributed by atoms with van der Waals surface area (Å²) in [7, 11) is 0. The molecule has 2 aliphatic heterocycles. The lowest BCUT2D eigenvalue weighted by Gasteiger charge is -2.35. The van der Waals surface area contributed by atoms with E-state index >= 15 is 0 Å². The second-order valence-electron chi connectivity index (χ2n) is 9.39. The Bertz CT molecular complexity index is 1310. The number of benzene rings is 2. The second-order valence-corrected chi connectivity index (χ2v) is 9.39. The van der Waals surface area contributed by atoms with Gasteiger partial charge in [0.15, 0.2) is 6.10 Å². The predicted octanol–water partition coefficient (Wildman–Crippen LogP) is 2.03. The number of hydrogen-bond donors (Lipinski definition) is 2. The Morgan fingerprint density at radius 2 is 1.79 bits per heavy atom. The van der Waals surface area contributed by atoms with E-state index in [-0.39, 0.29) is 25.7 Å². The van der Waals surface area contributed by atoms with E-state index in [1.54, 1.807) is 29.2 Å². The van der Waals surface area contributed by atoms with E-state index in [4.69, 9.17) is 19.9 Å². The third kappa shape index (κ3) is 6.62. The van der Waals surface area contributed by atoms with Crippen LogP contribution in [-0.2, 0) is 39.8 Å². The van der Waals surface area contributed by atoms with Gasteiger partial charge in [0.05, 0.1) is 13.2 Å². The van der Waals surface area contributed by atoms with E-state index in [0.29, 0.717) is 24.5 Å². The number of fused-ring (bicyclic) bond motifs is 1. The molecule has 5 rings (SSSR count). The molecule has 2 atom stereocenters. The van der Waals surface area contributed by atoms with Crippen molar-refractivity contribution < 1.29 is 38.5 Å². The summed E-state index contributed by atoms with van der Waals surface area (Å²) in [5.41, 5.74) is 11.7. The van der Waals surface area contributed by atoms with Gasteiger partial charge >= 0.3 is 11.9 Å². The molecule has 0 unspecified atom stereocenters. The first-order valence-corrected chi connectivity index (χ1v) is 12.5. The number of morpholine rings is 2. The van der Waals surface area contributed by atoms with Crippen molar-refractivity contribution in [2.24, 2.45) is 0 Å². The highest BCUT2D eigenvalue weighted by Crippen LogP contribution is 2.27. The van der Waals surface area contributed by atoms with Crippen LogP contribution < -0.4 is 15.5 Å². The van der Waals surface area contributed by atoms with Crippen molar-refractivity contribution in [3.63, 3.8) is 0 Å². The molecule has 2 amide bonds. The zero-order valence-corrected chi connectivity index (χ0v) is 21.8. The average Bonchev–Trinajstić information content (AvgIpc) is 3.27. The number of aliphatic carboxylic acids is 1. The number of nitrogens with two attached hydrogens (primary N) is 1. The summed E-state index contributed by atoms with van der Waals surface area (Å²) in [5.74, 6) is -3.11. The fourth-order valence-electron chi connectivity index (χ4n) is 4.65. The first-order valence-electron chi connectivity index (χ1n) is 12.5. The van der Waals surface area contributed by atoms with Gasteiger partial charge in [0.25, 0.3) is 11.8 Å². The number of nitrogen functional groups attached to an aromatic ring is 1. The number of carboxylic acids is 1. The van der Waals surface area contributed by atoms with E-state index in [1.165, 1.54) is 21.6 Å². The zero-order valence-electron chi connectivity index (χ0n) is 21.8. The van der Waals surface area contributed by atoms with Gasteiger partial charge in [-0.25, -0.2) is 4.79 Å². The molecule has 2 saturated heterocycles. The van der Waals surface area contributed by atoms with Crippen molar-refractivity contribution in [2.75, 3.05) is 48.4 Å². The molecule has 0 radical (unpaired) electrons. The average molecular weight is 538 g/mol. The van der Waals surface area contributed by atoms with Gasteiger partial charge in [-0.3, -0.25) is 14.4 Å². The summed E-state index contributed by atoms with van der Waals surface area (Å²) in [4.78, 5) is 50.5. The lowest BCUT2D eigenvalue weighted by atomic mass is 10.1. The van der Waals surface area contributed by atoms with Crippen LogP contribution in [0.2, 0.25) is 0 Å². The number of allylic oxidation sites excluding steroid dienone is 1. The molecule has 0 saturated carbocycles.